The maximum atomic E-state index is 12.1. The Morgan fingerprint density at radius 1 is 1.23 bits per heavy atom. The van der Waals surface area contributed by atoms with Gasteiger partial charge in [-0.1, -0.05) is 36.2 Å². The largest absolute Gasteiger partial charge is 0.348 e. The molecule has 0 atom stereocenters. The van der Waals surface area contributed by atoms with Gasteiger partial charge in [-0.15, -0.1) is 0 Å². The SMILES string of the molecule is CC12COC(CNC(=O)Cc3ccc(Cl)cc3Cl)(OC1)OC2. The van der Waals surface area contributed by atoms with Crippen LogP contribution in [0.15, 0.2) is 18.2 Å². The highest BCUT2D eigenvalue weighted by Gasteiger charge is 2.50. The van der Waals surface area contributed by atoms with E-state index in [0.29, 0.717) is 35.4 Å². The first-order valence-electron chi connectivity index (χ1n) is 7.02. The summed E-state index contributed by atoms with van der Waals surface area (Å²) in [5, 5.41) is 3.77. The van der Waals surface area contributed by atoms with Crippen LogP contribution >= 0.6 is 23.2 Å². The van der Waals surface area contributed by atoms with Crippen molar-refractivity contribution in [1.82, 2.24) is 5.32 Å². The van der Waals surface area contributed by atoms with E-state index in [4.69, 9.17) is 37.4 Å². The standard InChI is InChI=1S/C15H17Cl2NO4/c1-14-7-20-15(21-8-14,22-9-14)6-18-13(19)4-10-2-3-11(16)5-12(10)17/h2-3,5H,4,6-9H2,1H3,(H,18,19). The minimum atomic E-state index is -1.16. The van der Waals surface area contributed by atoms with Gasteiger partial charge in [0, 0.05) is 15.5 Å². The third kappa shape index (κ3) is 3.39. The first-order chi connectivity index (χ1) is 10.4. The number of carbonyl (C=O) groups is 1. The molecule has 0 unspecified atom stereocenters. The van der Waals surface area contributed by atoms with Gasteiger partial charge in [0.2, 0.25) is 5.91 Å². The molecule has 1 amide bonds. The lowest BCUT2D eigenvalue weighted by molar-refractivity contribution is -0.461. The number of rotatable bonds is 4. The van der Waals surface area contributed by atoms with Gasteiger partial charge in [-0.25, -0.2) is 0 Å². The van der Waals surface area contributed by atoms with Crippen molar-refractivity contribution in [3.63, 3.8) is 0 Å². The molecule has 1 N–H and O–H groups in total. The Bertz CT molecular complexity index is 568. The van der Waals surface area contributed by atoms with Gasteiger partial charge in [0.1, 0.15) is 0 Å². The van der Waals surface area contributed by atoms with Crippen molar-refractivity contribution in [1.29, 1.82) is 0 Å². The van der Waals surface area contributed by atoms with E-state index in [-0.39, 0.29) is 24.3 Å². The minimum Gasteiger partial charge on any atom is -0.348 e. The maximum absolute atomic E-state index is 12.1. The summed E-state index contributed by atoms with van der Waals surface area (Å²) in [4.78, 5) is 12.1. The average molecular weight is 346 g/mol. The van der Waals surface area contributed by atoms with E-state index in [1.807, 2.05) is 6.92 Å². The van der Waals surface area contributed by atoms with Crippen LogP contribution in [0.5, 0.6) is 0 Å². The quantitative estimate of drug-likeness (QED) is 0.910. The fraction of sp³-hybridized carbons (Fsp3) is 0.533. The lowest BCUT2D eigenvalue weighted by atomic mass is 9.92. The summed E-state index contributed by atoms with van der Waals surface area (Å²) in [6.07, 6.45) is 0.157. The molecule has 0 radical (unpaired) electrons. The number of hydrogen-bond donors (Lipinski definition) is 1. The molecule has 7 heteroatoms. The highest BCUT2D eigenvalue weighted by Crippen LogP contribution is 2.37. The average Bonchev–Trinajstić information content (AvgIpc) is 2.50. The van der Waals surface area contributed by atoms with Crippen molar-refractivity contribution >= 4 is 29.1 Å². The molecule has 2 bridgehead atoms. The summed E-state index contributed by atoms with van der Waals surface area (Å²) in [5.74, 6) is -1.34. The van der Waals surface area contributed by atoms with Crippen molar-refractivity contribution < 1.29 is 19.0 Å². The Labute approximate surface area is 138 Å². The van der Waals surface area contributed by atoms with Crippen LogP contribution in [0.1, 0.15) is 12.5 Å². The number of nitrogens with one attached hydrogen (secondary N) is 1. The van der Waals surface area contributed by atoms with Crippen molar-refractivity contribution in [2.75, 3.05) is 26.4 Å². The molecule has 1 aromatic rings. The van der Waals surface area contributed by atoms with Gasteiger partial charge >= 0.3 is 5.97 Å². The number of hydrogen-bond acceptors (Lipinski definition) is 4. The number of halogens is 2. The predicted molar refractivity (Wildman–Crippen MR) is 81.9 cm³/mol. The molecule has 3 saturated heterocycles. The normalized spacial score (nSPS) is 30.3. The first kappa shape index (κ1) is 16.0. The molecule has 22 heavy (non-hydrogen) atoms. The van der Waals surface area contributed by atoms with E-state index in [0.717, 1.165) is 0 Å². The lowest BCUT2D eigenvalue weighted by Crippen LogP contribution is -2.62. The zero-order valence-corrected chi connectivity index (χ0v) is 13.7. The summed E-state index contributed by atoms with van der Waals surface area (Å²) in [5.41, 5.74) is 0.617. The molecule has 4 rings (SSSR count). The van der Waals surface area contributed by atoms with Gasteiger partial charge in [-0.2, -0.15) is 0 Å². The highest BCUT2D eigenvalue weighted by molar-refractivity contribution is 6.35. The first-order valence-corrected chi connectivity index (χ1v) is 7.78. The zero-order chi connectivity index (χ0) is 15.8. The van der Waals surface area contributed by atoms with E-state index in [2.05, 4.69) is 5.32 Å². The van der Waals surface area contributed by atoms with Gasteiger partial charge in [0.25, 0.3) is 0 Å². The topological polar surface area (TPSA) is 56.8 Å². The molecule has 3 aliphatic rings. The molecule has 3 aliphatic heterocycles. The number of fused-ring (bicyclic) bond motifs is 3. The smallest absolute Gasteiger partial charge is 0.301 e. The van der Waals surface area contributed by atoms with Crippen LogP contribution in [0, 0.1) is 5.41 Å². The van der Waals surface area contributed by atoms with Crippen LogP contribution in [0.3, 0.4) is 0 Å². The minimum absolute atomic E-state index is 0.0947. The van der Waals surface area contributed by atoms with Crippen molar-refractivity contribution in [3.05, 3.63) is 33.8 Å². The number of amides is 1. The van der Waals surface area contributed by atoms with Crippen molar-refractivity contribution in [2.24, 2.45) is 5.41 Å². The number of carbonyl (C=O) groups excluding carboxylic acids is 1. The summed E-state index contributed by atoms with van der Waals surface area (Å²) < 4.78 is 16.8. The van der Waals surface area contributed by atoms with E-state index in [1.54, 1.807) is 18.2 Å². The summed E-state index contributed by atoms with van der Waals surface area (Å²) in [6, 6.07) is 5.05. The van der Waals surface area contributed by atoms with E-state index >= 15 is 0 Å². The van der Waals surface area contributed by atoms with Gasteiger partial charge < -0.3 is 19.5 Å². The van der Waals surface area contributed by atoms with Crippen LogP contribution in [0.25, 0.3) is 0 Å². The molecule has 120 valence electrons. The third-order valence-corrected chi connectivity index (χ3v) is 4.38. The molecular formula is C15H17Cl2NO4. The summed E-state index contributed by atoms with van der Waals surface area (Å²) in [6.45, 7) is 3.87. The lowest BCUT2D eigenvalue weighted by Gasteiger charge is -2.50. The van der Waals surface area contributed by atoms with Crippen LogP contribution in [-0.2, 0) is 25.4 Å². The van der Waals surface area contributed by atoms with E-state index < -0.39 is 5.97 Å². The Hall–Kier alpha value is -0.850. The van der Waals surface area contributed by atoms with Crippen LogP contribution < -0.4 is 5.32 Å². The van der Waals surface area contributed by atoms with Crippen LogP contribution in [0.4, 0.5) is 0 Å². The van der Waals surface area contributed by atoms with Crippen molar-refractivity contribution in [3.8, 4) is 0 Å². The fourth-order valence-corrected chi connectivity index (χ4v) is 2.84. The maximum Gasteiger partial charge on any atom is 0.301 e. The second kappa shape index (κ2) is 5.98. The molecule has 5 nitrogen and oxygen atoms in total. The molecular weight excluding hydrogens is 329 g/mol. The van der Waals surface area contributed by atoms with Gasteiger partial charge in [0.05, 0.1) is 32.8 Å². The van der Waals surface area contributed by atoms with Crippen molar-refractivity contribution in [2.45, 2.75) is 19.3 Å². The molecule has 0 aliphatic carbocycles. The second-order valence-electron chi connectivity index (χ2n) is 6.05. The predicted octanol–water partition coefficient (Wildman–Crippen LogP) is 2.39. The van der Waals surface area contributed by atoms with Gasteiger partial charge in [-0.05, 0) is 17.7 Å². The fourth-order valence-electron chi connectivity index (χ4n) is 2.36. The van der Waals surface area contributed by atoms with Gasteiger partial charge in [-0.3, -0.25) is 4.79 Å². The zero-order valence-electron chi connectivity index (χ0n) is 12.2. The Kier molecular flexibility index (Phi) is 4.36. The van der Waals surface area contributed by atoms with E-state index in [9.17, 15) is 4.79 Å². The summed E-state index contributed by atoms with van der Waals surface area (Å²) in [7, 11) is 0. The molecule has 0 saturated carbocycles. The highest BCUT2D eigenvalue weighted by atomic mass is 35.5. The number of ether oxygens (including phenoxy) is 3. The molecule has 1 aromatic carbocycles. The Balaban J connectivity index is 1.54. The monoisotopic (exact) mass is 345 g/mol. The Morgan fingerprint density at radius 2 is 1.86 bits per heavy atom. The molecule has 0 spiro atoms. The van der Waals surface area contributed by atoms with E-state index in [1.165, 1.54) is 0 Å². The van der Waals surface area contributed by atoms with Gasteiger partial charge in [0.15, 0.2) is 0 Å². The second-order valence-corrected chi connectivity index (χ2v) is 6.89. The summed E-state index contributed by atoms with van der Waals surface area (Å²) >= 11 is 11.9. The Morgan fingerprint density at radius 3 is 2.45 bits per heavy atom. The third-order valence-electron chi connectivity index (χ3n) is 3.79. The van der Waals surface area contributed by atoms with Crippen LogP contribution in [0.2, 0.25) is 10.0 Å². The molecule has 0 aromatic heterocycles. The van der Waals surface area contributed by atoms with Crippen LogP contribution in [-0.4, -0.2) is 38.2 Å². The molecule has 3 heterocycles. The number of benzene rings is 1. The molecule has 3 fully saturated rings.